The van der Waals surface area contributed by atoms with Crippen molar-refractivity contribution >= 4 is 17.5 Å². The molecular weight excluding hydrogens is 376 g/mol. The summed E-state index contributed by atoms with van der Waals surface area (Å²) < 4.78 is 54.7. The number of carbonyl (C=O) groups excluding carboxylic acids is 1. The number of halogens is 4. The Balaban J connectivity index is 1.76. The van der Waals surface area contributed by atoms with Crippen LogP contribution in [0.4, 0.5) is 29.2 Å². The van der Waals surface area contributed by atoms with E-state index in [9.17, 15) is 32.5 Å². The predicted molar refractivity (Wildman–Crippen MR) is 80.8 cm³/mol. The van der Waals surface area contributed by atoms with E-state index in [4.69, 9.17) is 0 Å². The molecule has 0 saturated carbocycles. The van der Waals surface area contributed by atoms with Crippen molar-refractivity contribution in [2.45, 2.75) is 6.54 Å². The van der Waals surface area contributed by atoms with Crippen LogP contribution in [0, 0.1) is 33.4 Å². The van der Waals surface area contributed by atoms with E-state index < -0.39 is 52.0 Å². The van der Waals surface area contributed by atoms with Crippen LogP contribution in [0.2, 0.25) is 0 Å². The van der Waals surface area contributed by atoms with Crippen molar-refractivity contribution < 1.29 is 27.3 Å². The van der Waals surface area contributed by atoms with Gasteiger partial charge in [-0.3, -0.25) is 9.48 Å². The van der Waals surface area contributed by atoms with Gasteiger partial charge in [0.25, 0.3) is 5.91 Å². The Morgan fingerprint density at radius 3 is 2.48 bits per heavy atom. The molecule has 0 saturated heterocycles. The van der Waals surface area contributed by atoms with E-state index in [-0.39, 0.29) is 17.6 Å². The summed E-state index contributed by atoms with van der Waals surface area (Å²) in [5, 5.41) is 22.1. The normalized spacial score (nSPS) is 10.8. The maximum absolute atomic E-state index is 13.7. The maximum atomic E-state index is 13.7. The summed E-state index contributed by atoms with van der Waals surface area (Å²) in [5.74, 6) is -7.63. The Morgan fingerprint density at radius 2 is 1.89 bits per heavy atom. The minimum Gasteiger partial charge on any atom is -0.358 e. The average molecular weight is 384 g/mol. The Morgan fingerprint density at radius 1 is 1.22 bits per heavy atom. The molecule has 1 amide bonds. The second-order valence-electron chi connectivity index (χ2n) is 5.19. The van der Waals surface area contributed by atoms with Crippen LogP contribution in [-0.4, -0.2) is 30.8 Å². The van der Waals surface area contributed by atoms with Crippen LogP contribution in [-0.2, 0) is 6.54 Å². The standard InChI is InChI=1S/C14H8F4N6O3/c15-7-3-8(16)13(18)6(12(7)17)5-23-2-1-10(22-23)19-14(25)9-4-11(21-20-9)24(26)27/h1-4H,5H2,(H,20,21)(H,19,22,25). The Labute approximate surface area is 146 Å². The summed E-state index contributed by atoms with van der Waals surface area (Å²) in [6.07, 6.45) is 1.20. The largest absolute Gasteiger partial charge is 0.358 e. The van der Waals surface area contributed by atoms with Gasteiger partial charge in [0, 0.05) is 18.3 Å². The third-order valence-electron chi connectivity index (χ3n) is 3.40. The van der Waals surface area contributed by atoms with E-state index in [0.29, 0.717) is 0 Å². The van der Waals surface area contributed by atoms with Crippen molar-refractivity contribution in [2.75, 3.05) is 5.32 Å². The number of hydrogen-bond donors (Lipinski definition) is 2. The lowest BCUT2D eigenvalue weighted by Crippen LogP contribution is -2.14. The van der Waals surface area contributed by atoms with Gasteiger partial charge >= 0.3 is 5.82 Å². The van der Waals surface area contributed by atoms with Crippen LogP contribution in [0.1, 0.15) is 16.1 Å². The summed E-state index contributed by atoms with van der Waals surface area (Å²) in [7, 11) is 0. The number of benzene rings is 1. The number of nitro groups is 1. The number of nitrogens with zero attached hydrogens (tertiary/aromatic N) is 4. The lowest BCUT2D eigenvalue weighted by molar-refractivity contribution is -0.389. The summed E-state index contributed by atoms with van der Waals surface area (Å²) in [5.41, 5.74) is -1.17. The van der Waals surface area contributed by atoms with Crippen LogP contribution in [0.5, 0.6) is 0 Å². The number of aromatic amines is 1. The fraction of sp³-hybridized carbons (Fsp3) is 0.0714. The highest BCUT2D eigenvalue weighted by Gasteiger charge is 2.20. The number of aromatic nitrogens is 4. The van der Waals surface area contributed by atoms with Gasteiger partial charge in [0.05, 0.1) is 18.2 Å². The zero-order valence-electron chi connectivity index (χ0n) is 13.0. The van der Waals surface area contributed by atoms with Crippen molar-refractivity contribution in [1.82, 2.24) is 20.0 Å². The highest BCUT2D eigenvalue weighted by Crippen LogP contribution is 2.20. The molecule has 0 aliphatic rings. The monoisotopic (exact) mass is 384 g/mol. The summed E-state index contributed by atoms with van der Waals surface area (Å²) in [6.45, 7) is -0.643. The predicted octanol–water partition coefficient (Wildman–Crippen LogP) is 2.37. The van der Waals surface area contributed by atoms with E-state index in [2.05, 4.69) is 15.5 Å². The van der Waals surface area contributed by atoms with Crippen molar-refractivity contribution in [3.63, 3.8) is 0 Å². The topological polar surface area (TPSA) is 119 Å². The van der Waals surface area contributed by atoms with Gasteiger partial charge in [-0.25, -0.2) is 17.6 Å². The second-order valence-corrected chi connectivity index (χ2v) is 5.19. The van der Waals surface area contributed by atoms with Crippen molar-refractivity contribution in [3.8, 4) is 0 Å². The molecule has 2 heterocycles. The number of amides is 1. The van der Waals surface area contributed by atoms with E-state index >= 15 is 0 Å². The number of rotatable bonds is 5. The molecule has 0 unspecified atom stereocenters. The first kappa shape index (κ1) is 18.0. The molecule has 0 bridgehead atoms. The maximum Gasteiger partial charge on any atom is 0.343 e. The molecule has 0 aliphatic heterocycles. The Bertz CT molecular complexity index is 1020. The van der Waals surface area contributed by atoms with E-state index in [1.54, 1.807) is 0 Å². The molecule has 0 fully saturated rings. The first-order chi connectivity index (χ1) is 12.8. The zero-order chi connectivity index (χ0) is 19.7. The SMILES string of the molecule is O=C(Nc1ccn(Cc2c(F)c(F)cc(F)c2F)n1)c1cc([N+](=O)[O-])[nH]n1. The van der Waals surface area contributed by atoms with E-state index in [0.717, 1.165) is 10.7 Å². The van der Waals surface area contributed by atoms with Gasteiger partial charge < -0.3 is 15.4 Å². The fourth-order valence-corrected chi connectivity index (χ4v) is 2.14. The molecule has 140 valence electrons. The van der Waals surface area contributed by atoms with Crippen LogP contribution in [0.15, 0.2) is 24.4 Å². The smallest absolute Gasteiger partial charge is 0.343 e. The molecule has 3 rings (SSSR count). The molecule has 27 heavy (non-hydrogen) atoms. The van der Waals surface area contributed by atoms with Crippen molar-refractivity contribution in [3.05, 3.63) is 69.0 Å². The van der Waals surface area contributed by atoms with Crippen LogP contribution in [0.3, 0.4) is 0 Å². The minimum atomic E-state index is -1.56. The number of anilines is 1. The fourth-order valence-electron chi connectivity index (χ4n) is 2.14. The lowest BCUT2D eigenvalue weighted by Gasteiger charge is -2.07. The lowest BCUT2D eigenvalue weighted by atomic mass is 10.2. The molecule has 3 aromatic rings. The third kappa shape index (κ3) is 3.61. The summed E-state index contributed by atoms with van der Waals surface area (Å²) in [4.78, 5) is 21.7. The molecular formula is C14H8F4N6O3. The summed E-state index contributed by atoms with van der Waals surface area (Å²) >= 11 is 0. The van der Waals surface area contributed by atoms with Crippen molar-refractivity contribution in [2.24, 2.45) is 0 Å². The Kier molecular flexibility index (Phi) is 4.58. The third-order valence-corrected chi connectivity index (χ3v) is 3.40. The van der Waals surface area contributed by atoms with Crippen LogP contribution in [0.25, 0.3) is 0 Å². The van der Waals surface area contributed by atoms with Gasteiger partial charge in [0.1, 0.15) is 0 Å². The molecule has 2 N–H and O–H groups in total. The molecule has 9 nitrogen and oxygen atoms in total. The number of H-pyrrole nitrogens is 1. The van der Waals surface area contributed by atoms with Gasteiger partial charge in [0.15, 0.2) is 34.8 Å². The summed E-state index contributed by atoms with van der Waals surface area (Å²) in [6, 6.07) is 2.23. The molecule has 13 heteroatoms. The van der Waals surface area contributed by atoms with Gasteiger partial charge in [-0.15, -0.1) is 5.10 Å². The first-order valence-corrected chi connectivity index (χ1v) is 7.12. The zero-order valence-corrected chi connectivity index (χ0v) is 13.0. The molecule has 0 spiro atoms. The molecule has 2 aromatic heterocycles. The van der Waals surface area contributed by atoms with Gasteiger partial charge in [0.2, 0.25) is 0 Å². The average Bonchev–Trinajstić information content (AvgIpc) is 3.26. The minimum absolute atomic E-state index is 0.0802. The quantitative estimate of drug-likeness (QED) is 0.303. The van der Waals surface area contributed by atoms with Gasteiger partial charge in [-0.1, -0.05) is 5.10 Å². The first-order valence-electron chi connectivity index (χ1n) is 7.12. The van der Waals surface area contributed by atoms with Gasteiger partial charge in [-0.2, -0.15) is 5.10 Å². The second kappa shape index (κ2) is 6.86. The molecule has 1 aromatic carbocycles. The van der Waals surface area contributed by atoms with Crippen molar-refractivity contribution in [1.29, 1.82) is 0 Å². The van der Waals surface area contributed by atoms with Gasteiger partial charge in [-0.05, 0) is 4.92 Å². The van der Waals surface area contributed by atoms with Crippen LogP contribution < -0.4 is 5.32 Å². The molecule has 0 aliphatic carbocycles. The molecule has 0 atom stereocenters. The number of hydrogen-bond acceptors (Lipinski definition) is 5. The highest BCUT2D eigenvalue weighted by atomic mass is 19.2. The number of nitrogens with one attached hydrogen (secondary N) is 2. The Hall–Kier alpha value is -3.77. The molecule has 0 radical (unpaired) electrons. The van der Waals surface area contributed by atoms with E-state index in [1.807, 2.05) is 5.10 Å². The highest BCUT2D eigenvalue weighted by molar-refractivity contribution is 6.02. The van der Waals surface area contributed by atoms with Crippen LogP contribution >= 0.6 is 0 Å². The number of carbonyl (C=O) groups is 1. The van der Waals surface area contributed by atoms with E-state index in [1.165, 1.54) is 12.3 Å².